The van der Waals surface area contributed by atoms with Gasteiger partial charge in [0.15, 0.2) is 11.2 Å². The van der Waals surface area contributed by atoms with E-state index in [2.05, 4.69) is 94.1 Å². The Hall–Kier alpha value is -3.04. The van der Waals surface area contributed by atoms with Crippen LogP contribution < -0.4 is 0 Å². The molecule has 0 aliphatic carbocycles. The van der Waals surface area contributed by atoms with Crippen LogP contribution in [-0.4, -0.2) is 9.97 Å². The van der Waals surface area contributed by atoms with E-state index in [1.165, 1.54) is 0 Å². The fraction of sp³-hybridized carbons (Fsp3) is 0. The number of rotatable bonds is 4. The van der Waals surface area contributed by atoms with Crippen molar-refractivity contribution in [1.82, 2.24) is 9.97 Å². The SMILES string of the molecule is Brc1cc(Br)c2nc(-c3cccc(-c4nc5c(Br)cc(Br)cc5o4)c3-c3ccccc3-c3ccccc3)oc2c1. The number of aromatic nitrogens is 2. The predicted octanol–water partition coefficient (Wildman–Crippen LogP) is 11.7. The standard InChI is InChI=1S/C32H16Br4N2O2/c33-18-13-24(35)29-26(15-18)39-31(37-29)22-11-6-12-23(32-38-30-25(36)14-19(34)16-27(30)40-32)28(22)21-10-5-4-9-20(21)17-7-2-1-3-8-17/h1-16H. The Morgan fingerprint density at radius 1 is 0.475 bits per heavy atom. The fourth-order valence-corrected chi connectivity index (χ4v) is 7.46. The number of hydrogen-bond donors (Lipinski definition) is 0. The quantitative estimate of drug-likeness (QED) is 0.179. The molecule has 5 aromatic carbocycles. The van der Waals surface area contributed by atoms with Crippen LogP contribution in [0.5, 0.6) is 0 Å². The molecule has 0 saturated heterocycles. The van der Waals surface area contributed by atoms with Crippen LogP contribution >= 0.6 is 63.7 Å². The second-order valence-corrected chi connectivity index (χ2v) is 12.7. The first-order chi connectivity index (χ1) is 19.5. The van der Waals surface area contributed by atoms with Gasteiger partial charge >= 0.3 is 0 Å². The first kappa shape index (κ1) is 25.9. The molecule has 0 N–H and O–H groups in total. The van der Waals surface area contributed by atoms with E-state index in [-0.39, 0.29) is 0 Å². The van der Waals surface area contributed by atoms with Gasteiger partial charge in [-0.3, -0.25) is 0 Å². The molecule has 0 unspecified atom stereocenters. The van der Waals surface area contributed by atoms with Crippen LogP contribution in [0, 0.1) is 0 Å². The highest BCUT2D eigenvalue weighted by Gasteiger charge is 2.24. The minimum Gasteiger partial charge on any atom is -0.436 e. The van der Waals surface area contributed by atoms with Gasteiger partial charge in [0.1, 0.15) is 11.0 Å². The number of halogens is 4. The molecule has 0 atom stereocenters. The molecule has 0 saturated carbocycles. The van der Waals surface area contributed by atoms with Crippen molar-refractivity contribution in [3.05, 3.63) is 115 Å². The van der Waals surface area contributed by atoms with Crippen LogP contribution in [-0.2, 0) is 0 Å². The molecule has 0 radical (unpaired) electrons. The first-order valence-electron chi connectivity index (χ1n) is 12.3. The predicted molar refractivity (Wildman–Crippen MR) is 174 cm³/mol. The number of oxazole rings is 2. The van der Waals surface area contributed by atoms with Gasteiger partial charge in [-0.25, -0.2) is 9.97 Å². The number of benzene rings is 5. The van der Waals surface area contributed by atoms with Gasteiger partial charge in [0, 0.05) is 34.6 Å². The Labute approximate surface area is 263 Å². The third-order valence-corrected chi connectivity index (χ3v) is 8.76. The van der Waals surface area contributed by atoms with E-state index in [9.17, 15) is 0 Å². The lowest BCUT2D eigenvalue weighted by Crippen LogP contribution is -1.93. The Kier molecular flexibility index (Phi) is 6.74. The van der Waals surface area contributed by atoms with Crippen LogP contribution in [0.4, 0.5) is 0 Å². The lowest BCUT2D eigenvalue weighted by molar-refractivity contribution is 0.617. The topological polar surface area (TPSA) is 52.1 Å². The molecule has 0 aliphatic rings. The van der Waals surface area contributed by atoms with Crippen molar-refractivity contribution < 1.29 is 8.83 Å². The van der Waals surface area contributed by atoms with Gasteiger partial charge in [0.05, 0.1) is 0 Å². The lowest BCUT2D eigenvalue weighted by Gasteiger charge is -2.16. The minimum atomic E-state index is 0.508. The van der Waals surface area contributed by atoms with Gasteiger partial charge in [-0.2, -0.15) is 0 Å². The molecule has 0 amide bonds. The van der Waals surface area contributed by atoms with E-state index in [4.69, 9.17) is 18.8 Å². The average molecular weight is 780 g/mol. The zero-order valence-electron chi connectivity index (χ0n) is 20.5. The van der Waals surface area contributed by atoms with E-state index >= 15 is 0 Å². The van der Waals surface area contributed by atoms with Crippen molar-refractivity contribution in [2.75, 3.05) is 0 Å². The minimum absolute atomic E-state index is 0.508. The molecule has 4 nitrogen and oxygen atoms in total. The summed E-state index contributed by atoms with van der Waals surface area (Å²) in [4.78, 5) is 9.83. The average Bonchev–Trinajstić information content (AvgIpc) is 3.58. The smallest absolute Gasteiger partial charge is 0.228 e. The van der Waals surface area contributed by atoms with E-state index in [0.717, 1.165) is 62.3 Å². The monoisotopic (exact) mass is 776 g/mol. The highest BCUT2D eigenvalue weighted by Crippen LogP contribution is 2.45. The maximum atomic E-state index is 6.37. The summed E-state index contributed by atoms with van der Waals surface area (Å²) in [6, 6.07) is 32.5. The molecular formula is C32H16Br4N2O2. The summed E-state index contributed by atoms with van der Waals surface area (Å²) in [6.45, 7) is 0. The van der Waals surface area contributed by atoms with Crippen molar-refractivity contribution in [3.63, 3.8) is 0 Å². The van der Waals surface area contributed by atoms with E-state index in [0.29, 0.717) is 22.9 Å². The van der Waals surface area contributed by atoms with Crippen molar-refractivity contribution in [2.24, 2.45) is 0 Å². The summed E-state index contributed by atoms with van der Waals surface area (Å²) in [5.41, 5.74) is 8.66. The molecule has 2 aromatic heterocycles. The maximum absolute atomic E-state index is 6.37. The largest absolute Gasteiger partial charge is 0.436 e. The highest BCUT2D eigenvalue weighted by molar-refractivity contribution is 9.11. The van der Waals surface area contributed by atoms with Crippen LogP contribution in [0.1, 0.15) is 0 Å². The molecule has 0 fully saturated rings. The highest BCUT2D eigenvalue weighted by atomic mass is 79.9. The second kappa shape index (κ2) is 10.4. The Balaban J connectivity index is 1.55. The van der Waals surface area contributed by atoms with Crippen LogP contribution in [0.25, 0.3) is 67.4 Å². The summed E-state index contributed by atoms with van der Waals surface area (Å²) >= 11 is 14.4. The first-order valence-corrected chi connectivity index (χ1v) is 15.4. The van der Waals surface area contributed by atoms with Crippen molar-refractivity contribution in [3.8, 4) is 45.2 Å². The number of hydrogen-bond acceptors (Lipinski definition) is 4. The van der Waals surface area contributed by atoms with Gasteiger partial charge in [-0.1, -0.05) is 92.5 Å². The van der Waals surface area contributed by atoms with E-state index in [1.54, 1.807) is 0 Å². The van der Waals surface area contributed by atoms with Crippen LogP contribution in [0.15, 0.2) is 124 Å². The third-order valence-electron chi connectivity index (χ3n) is 6.63. The maximum Gasteiger partial charge on any atom is 0.228 e. The second-order valence-electron chi connectivity index (χ2n) is 9.15. The van der Waals surface area contributed by atoms with Crippen LogP contribution in [0.3, 0.4) is 0 Å². The van der Waals surface area contributed by atoms with E-state index < -0.39 is 0 Å². The molecule has 194 valence electrons. The molecule has 0 aliphatic heterocycles. The molecule has 7 rings (SSSR count). The van der Waals surface area contributed by atoms with Gasteiger partial charge in [0.2, 0.25) is 11.8 Å². The lowest BCUT2D eigenvalue weighted by atomic mass is 9.88. The van der Waals surface area contributed by atoms with Gasteiger partial charge < -0.3 is 8.83 Å². The van der Waals surface area contributed by atoms with Gasteiger partial charge in [-0.15, -0.1) is 0 Å². The van der Waals surface area contributed by atoms with Crippen molar-refractivity contribution in [2.45, 2.75) is 0 Å². The summed E-state index contributed by atoms with van der Waals surface area (Å²) < 4.78 is 16.3. The molecule has 40 heavy (non-hydrogen) atoms. The molecule has 0 spiro atoms. The summed E-state index contributed by atoms with van der Waals surface area (Å²) in [5, 5.41) is 0. The summed E-state index contributed by atoms with van der Waals surface area (Å²) in [6.07, 6.45) is 0. The van der Waals surface area contributed by atoms with Crippen molar-refractivity contribution >= 4 is 85.9 Å². The Bertz CT molecular complexity index is 1960. The van der Waals surface area contributed by atoms with Crippen LogP contribution in [0.2, 0.25) is 0 Å². The van der Waals surface area contributed by atoms with Gasteiger partial charge in [-0.05, 0) is 84.9 Å². The number of nitrogens with zero attached hydrogens (tertiary/aromatic N) is 2. The Morgan fingerprint density at radius 3 is 1.50 bits per heavy atom. The molecule has 0 bridgehead atoms. The molecule has 2 heterocycles. The summed E-state index contributed by atoms with van der Waals surface area (Å²) in [7, 11) is 0. The normalized spacial score (nSPS) is 11.5. The summed E-state index contributed by atoms with van der Waals surface area (Å²) in [5.74, 6) is 1.02. The van der Waals surface area contributed by atoms with Crippen molar-refractivity contribution in [1.29, 1.82) is 0 Å². The zero-order valence-corrected chi connectivity index (χ0v) is 26.8. The molecule has 7 aromatic rings. The molecule has 8 heteroatoms. The molecular weight excluding hydrogens is 764 g/mol. The third kappa shape index (κ3) is 4.57. The zero-order chi connectivity index (χ0) is 27.4. The number of fused-ring (bicyclic) bond motifs is 2. The van der Waals surface area contributed by atoms with Gasteiger partial charge in [0.25, 0.3) is 0 Å². The Morgan fingerprint density at radius 2 is 0.950 bits per heavy atom. The fourth-order valence-electron chi connectivity index (χ4n) is 4.91. The van der Waals surface area contributed by atoms with E-state index in [1.807, 2.05) is 66.7 Å².